The van der Waals surface area contributed by atoms with Crippen LogP contribution in [0.1, 0.15) is 5.56 Å². The molecule has 0 bridgehead atoms. The lowest BCUT2D eigenvalue weighted by molar-refractivity contribution is 0.163. The first-order valence-electron chi connectivity index (χ1n) is 8.56. The molecule has 1 amide bonds. The summed E-state index contributed by atoms with van der Waals surface area (Å²) >= 11 is 0. The molecule has 0 saturated heterocycles. The summed E-state index contributed by atoms with van der Waals surface area (Å²) in [6.45, 7) is 0.302. The number of fused-ring (bicyclic) bond motifs is 2. The minimum Gasteiger partial charge on any atom is -0.449 e. The number of nitrogens with zero attached hydrogens (tertiary/aromatic N) is 1. The van der Waals surface area contributed by atoms with Gasteiger partial charge < -0.3 is 4.74 Å². The van der Waals surface area contributed by atoms with E-state index in [4.69, 9.17) is 9.72 Å². The van der Waals surface area contributed by atoms with Gasteiger partial charge in [-0.2, -0.15) is 0 Å². The molecule has 4 aromatic rings. The van der Waals surface area contributed by atoms with Crippen LogP contribution in [0.5, 0.6) is 0 Å². The molecule has 4 rings (SSSR count). The maximum atomic E-state index is 12.0. The molecular formula is C22H19ClN2O2. The van der Waals surface area contributed by atoms with Crippen LogP contribution < -0.4 is 5.32 Å². The van der Waals surface area contributed by atoms with Crippen LogP contribution in [0.25, 0.3) is 21.8 Å². The third-order valence-corrected chi connectivity index (χ3v) is 4.30. The number of ether oxygens (including phenoxy) is 1. The van der Waals surface area contributed by atoms with Crippen molar-refractivity contribution in [3.8, 4) is 0 Å². The van der Waals surface area contributed by atoms with Crippen LogP contribution in [-0.4, -0.2) is 17.7 Å². The molecule has 1 heterocycles. The average Bonchev–Trinajstić information content (AvgIpc) is 2.68. The molecule has 0 radical (unpaired) electrons. The minimum atomic E-state index is -0.445. The lowest BCUT2D eigenvalue weighted by Gasteiger charge is -2.11. The van der Waals surface area contributed by atoms with E-state index in [2.05, 4.69) is 17.4 Å². The summed E-state index contributed by atoms with van der Waals surface area (Å²) in [5.41, 5.74) is 3.78. The topological polar surface area (TPSA) is 51.2 Å². The molecule has 0 aliphatic carbocycles. The summed E-state index contributed by atoms with van der Waals surface area (Å²) in [6, 6.07) is 25.4. The Balaban J connectivity index is 0.00000210. The monoisotopic (exact) mass is 378 g/mol. The maximum absolute atomic E-state index is 12.0. The minimum absolute atomic E-state index is 0. The van der Waals surface area contributed by atoms with Crippen LogP contribution in [-0.2, 0) is 11.2 Å². The van der Waals surface area contributed by atoms with Crippen molar-refractivity contribution < 1.29 is 9.53 Å². The van der Waals surface area contributed by atoms with Gasteiger partial charge in [0.25, 0.3) is 0 Å². The molecule has 0 aliphatic rings. The Bertz CT molecular complexity index is 1010. The van der Waals surface area contributed by atoms with Crippen LogP contribution in [0.4, 0.5) is 10.5 Å². The smallest absolute Gasteiger partial charge is 0.411 e. The second-order valence-electron chi connectivity index (χ2n) is 6.00. The third-order valence-electron chi connectivity index (χ3n) is 4.30. The number of amides is 1. The highest BCUT2D eigenvalue weighted by atomic mass is 35.5. The van der Waals surface area contributed by atoms with Crippen LogP contribution in [0, 0.1) is 0 Å². The summed E-state index contributed by atoms with van der Waals surface area (Å²) < 4.78 is 5.38. The number of aromatic nitrogens is 1. The molecule has 0 atom stereocenters. The van der Waals surface area contributed by atoms with E-state index in [1.807, 2.05) is 66.7 Å². The van der Waals surface area contributed by atoms with E-state index < -0.39 is 6.09 Å². The quantitative estimate of drug-likeness (QED) is 0.470. The van der Waals surface area contributed by atoms with Gasteiger partial charge in [0.2, 0.25) is 0 Å². The van der Waals surface area contributed by atoms with Crippen LogP contribution in [0.2, 0.25) is 0 Å². The van der Waals surface area contributed by atoms with Gasteiger partial charge in [0.1, 0.15) is 0 Å². The number of benzene rings is 3. The normalized spacial score (nSPS) is 10.4. The molecule has 0 aliphatic heterocycles. The van der Waals surface area contributed by atoms with Gasteiger partial charge in [0, 0.05) is 22.9 Å². The van der Waals surface area contributed by atoms with Gasteiger partial charge in [-0.15, -0.1) is 12.4 Å². The van der Waals surface area contributed by atoms with E-state index in [0.29, 0.717) is 13.0 Å². The number of rotatable bonds is 4. The van der Waals surface area contributed by atoms with E-state index in [9.17, 15) is 4.79 Å². The van der Waals surface area contributed by atoms with Crippen LogP contribution in [0.15, 0.2) is 78.9 Å². The first-order chi connectivity index (χ1) is 12.8. The highest BCUT2D eigenvalue weighted by Crippen LogP contribution is 2.26. The number of carbonyl (C=O) groups excluding carboxylic acids is 1. The first kappa shape index (κ1) is 18.7. The molecule has 1 N–H and O–H groups in total. The van der Waals surface area contributed by atoms with Crippen molar-refractivity contribution in [2.24, 2.45) is 0 Å². The first-order valence-corrected chi connectivity index (χ1v) is 8.56. The summed E-state index contributed by atoms with van der Waals surface area (Å²) in [7, 11) is 0. The predicted molar refractivity (Wildman–Crippen MR) is 112 cm³/mol. The molecule has 3 aromatic carbocycles. The zero-order chi connectivity index (χ0) is 17.8. The maximum Gasteiger partial charge on any atom is 0.411 e. The number of hydrogen-bond donors (Lipinski definition) is 1. The average molecular weight is 379 g/mol. The lowest BCUT2D eigenvalue weighted by Crippen LogP contribution is -2.15. The number of halogens is 1. The molecule has 136 valence electrons. The Labute approximate surface area is 163 Å². The van der Waals surface area contributed by atoms with E-state index in [1.54, 1.807) is 0 Å². The SMILES string of the molecule is Cl.O=C(Nc1ccccc1)OCCc1c2ccccc2nc2ccccc12. The zero-order valence-electron chi connectivity index (χ0n) is 14.6. The van der Waals surface area contributed by atoms with Crippen molar-refractivity contribution in [1.29, 1.82) is 0 Å². The number of anilines is 1. The van der Waals surface area contributed by atoms with Gasteiger partial charge in [-0.3, -0.25) is 5.32 Å². The van der Waals surface area contributed by atoms with Gasteiger partial charge in [0.15, 0.2) is 0 Å². The van der Waals surface area contributed by atoms with Gasteiger partial charge in [-0.1, -0.05) is 54.6 Å². The molecule has 1 aromatic heterocycles. The lowest BCUT2D eigenvalue weighted by atomic mass is 10.0. The third kappa shape index (κ3) is 4.18. The number of hydrogen-bond acceptors (Lipinski definition) is 3. The summed E-state index contributed by atoms with van der Waals surface area (Å²) in [5, 5.41) is 4.92. The Morgan fingerprint density at radius 3 is 2.00 bits per heavy atom. The molecular weight excluding hydrogens is 360 g/mol. The number of pyridine rings is 1. The van der Waals surface area contributed by atoms with Gasteiger partial charge in [0.05, 0.1) is 17.6 Å². The van der Waals surface area contributed by atoms with E-state index >= 15 is 0 Å². The predicted octanol–water partition coefficient (Wildman–Crippen LogP) is 5.60. The van der Waals surface area contributed by atoms with Gasteiger partial charge in [-0.25, -0.2) is 9.78 Å². The van der Waals surface area contributed by atoms with E-state index in [-0.39, 0.29) is 12.4 Å². The fourth-order valence-electron chi connectivity index (χ4n) is 3.12. The standard InChI is InChI=1S/C22H18N2O2.ClH/c25-22(23-16-8-2-1-3-9-16)26-15-14-17-18-10-4-6-12-20(18)24-21-13-7-5-11-19(17)21;/h1-13H,14-15H2,(H,23,25);1H. The summed E-state index contributed by atoms with van der Waals surface area (Å²) in [4.78, 5) is 16.7. The molecule has 0 saturated carbocycles. The highest BCUT2D eigenvalue weighted by molar-refractivity contribution is 5.97. The van der Waals surface area contributed by atoms with E-state index in [1.165, 1.54) is 0 Å². The van der Waals surface area contributed by atoms with E-state index in [0.717, 1.165) is 33.1 Å². The highest BCUT2D eigenvalue weighted by Gasteiger charge is 2.10. The van der Waals surface area contributed by atoms with Crippen LogP contribution >= 0.6 is 12.4 Å². The van der Waals surface area contributed by atoms with Crippen molar-refractivity contribution in [3.05, 3.63) is 84.4 Å². The van der Waals surface area contributed by atoms with Crippen molar-refractivity contribution >= 4 is 46.0 Å². The van der Waals surface area contributed by atoms with Crippen molar-refractivity contribution in [1.82, 2.24) is 4.98 Å². The Morgan fingerprint density at radius 1 is 0.815 bits per heavy atom. The summed E-state index contributed by atoms with van der Waals surface area (Å²) in [5.74, 6) is 0. The molecule has 0 unspecified atom stereocenters. The molecule has 5 heteroatoms. The fourth-order valence-corrected chi connectivity index (χ4v) is 3.12. The largest absolute Gasteiger partial charge is 0.449 e. The molecule has 4 nitrogen and oxygen atoms in total. The Kier molecular flexibility index (Phi) is 5.89. The fraction of sp³-hybridized carbons (Fsp3) is 0.0909. The summed E-state index contributed by atoms with van der Waals surface area (Å²) in [6.07, 6.45) is 0.185. The molecule has 0 spiro atoms. The molecule has 27 heavy (non-hydrogen) atoms. The van der Waals surface area contributed by atoms with Gasteiger partial charge in [-0.05, 0) is 29.8 Å². The number of para-hydroxylation sites is 3. The van der Waals surface area contributed by atoms with Crippen LogP contribution in [0.3, 0.4) is 0 Å². The number of nitrogens with one attached hydrogen (secondary N) is 1. The van der Waals surface area contributed by atoms with Crippen molar-refractivity contribution in [2.45, 2.75) is 6.42 Å². The molecule has 0 fully saturated rings. The Hall–Kier alpha value is -3.11. The second-order valence-corrected chi connectivity index (χ2v) is 6.00. The number of carbonyl (C=O) groups is 1. The van der Waals surface area contributed by atoms with Gasteiger partial charge >= 0.3 is 6.09 Å². The Morgan fingerprint density at radius 2 is 1.37 bits per heavy atom. The van der Waals surface area contributed by atoms with Crippen molar-refractivity contribution in [2.75, 3.05) is 11.9 Å². The van der Waals surface area contributed by atoms with Crippen molar-refractivity contribution in [3.63, 3.8) is 0 Å². The second kappa shape index (κ2) is 8.52. The zero-order valence-corrected chi connectivity index (χ0v) is 15.4.